The van der Waals surface area contributed by atoms with Crippen molar-refractivity contribution in [2.24, 2.45) is 0 Å². The Hall–Kier alpha value is -1.85. The number of nitrogens with zero attached hydrogens (tertiary/aromatic N) is 4. The van der Waals surface area contributed by atoms with Gasteiger partial charge in [0.05, 0.1) is 12.2 Å². The van der Waals surface area contributed by atoms with Crippen molar-refractivity contribution >= 4 is 17.6 Å². The predicted octanol–water partition coefficient (Wildman–Crippen LogP) is 1.33. The molecule has 0 bridgehead atoms. The number of anilines is 1. The van der Waals surface area contributed by atoms with E-state index in [-0.39, 0.29) is 11.8 Å². The number of carbonyl (C=O) groups excluding carboxylic acids is 2. The summed E-state index contributed by atoms with van der Waals surface area (Å²) in [5, 5.41) is 4.41. The van der Waals surface area contributed by atoms with Gasteiger partial charge in [-0.25, -0.2) is 4.68 Å². The molecule has 1 aromatic heterocycles. The lowest BCUT2D eigenvalue weighted by Crippen LogP contribution is -2.52. The molecule has 2 aliphatic heterocycles. The van der Waals surface area contributed by atoms with Crippen LogP contribution in [-0.2, 0) is 16.1 Å². The van der Waals surface area contributed by atoms with Crippen molar-refractivity contribution in [2.75, 3.05) is 18.0 Å². The number of amides is 2. The molecule has 1 fully saturated rings. The first-order chi connectivity index (χ1) is 10.1. The van der Waals surface area contributed by atoms with Gasteiger partial charge in [-0.3, -0.25) is 14.5 Å². The van der Waals surface area contributed by atoms with Crippen LogP contribution in [0.25, 0.3) is 0 Å². The van der Waals surface area contributed by atoms with Crippen LogP contribution in [0.1, 0.15) is 38.3 Å². The number of fused-ring (bicyclic) bond motifs is 1. The molecular formula is C15H22N4O2. The van der Waals surface area contributed by atoms with Crippen molar-refractivity contribution in [3.05, 3.63) is 11.8 Å². The van der Waals surface area contributed by atoms with E-state index in [1.54, 1.807) is 4.90 Å². The predicted molar refractivity (Wildman–Crippen MR) is 79.0 cm³/mol. The Kier molecular flexibility index (Phi) is 3.69. The summed E-state index contributed by atoms with van der Waals surface area (Å²) in [5.74, 6) is 0.876. The molecule has 2 aliphatic rings. The second kappa shape index (κ2) is 5.50. The SMILES string of the molecule is CC[C@H](C(=O)N1CCCC1)N1C(=O)CCn2nc(C)cc21. The van der Waals surface area contributed by atoms with Crippen molar-refractivity contribution in [1.82, 2.24) is 14.7 Å². The third-order valence-corrected chi connectivity index (χ3v) is 4.34. The molecule has 0 aliphatic carbocycles. The molecule has 0 unspecified atom stereocenters. The number of hydrogen-bond donors (Lipinski definition) is 0. The zero-order valence-corrected chi connectivity index (χ0v) is 12.7. The van der Waals surface area contributed by atoms with Crippen molar-refractivity contribution in [1.29, 1.82) is 0 Å². The lowest BCUT2D eigenvalue weighted by molar-refractivity contribution is -0.134. The molecule has 0 spiro atoms. The molecular weight excluding hydrogens is 268 g/mol. The number of hydrogen-bond acceptors (Lipinski definition) is 3. The van der Waals surface area contributed by atoms with Gasteiger partial charge < -0.3 is 4.90 Å². The maximum absolute atomic E-state index is 12.7. The Balaban J connectivity index is 1.92. The first-order valence-corrected chi connectivity index (χ1v) is 7.77. The van der Waals surface area contributed by atoms with Gasteiger partial charge in [-0.2, -0.15) is 5.10 Å². The van der Waals surface area contributed by atoms with Gasteiger partial charge in [0.2, 0.25) is 11.8 Å². The molecule has 2 amide bonds. The van der Waals surface area contributed by atoms with E-state index in [2.05, 4.69) is 5.10 Å². The van der Waals surface area contributed by atoms with Crippen LogP contribution in [0.2, 0.25) is 0 Å². The average Bonchev–Trinajstić information content (AvgIpc) is 3.10. The molecule has 1 atom stereocenters. The second-order valence-electron chi connectivity index (χ2n) is 5.84. The molecule has 3 heterocycles. The van der Waals surface area contributed by atoms with Crippen molar-refractivity contribution < 1.29 is 9.59 Å². The summed E-state index contributed by atoms with van der Waals surface area (Å²) in [6.45, 7) is 6.11. The number of rotatable bonds is 3. The second-order valence-corrected chi connectivity index (χ2v) is 5.84. The summed E-state index contributed by atoms with van der Waals surface area (Å²) >= 11 is 0. The van der Waals surface area contributed by atoms with Gasteiger partial charge in [-0.1, -0.05) is 6.92 Å². The number of carbonyl (C=O) groups is 2. The lowest BCUT2D eigenvalue weighted by atomic mass is 10.1. The smallest absolute Gasteiger partial charge is 0.245 e. The minimum absolute atomic E-state index is 0.0294. The van der Waals surface area contributed by atoms with E-state index in [1.807, 2.05) is 29.5 Å². The normalized spacial score (nSPS) is 19.8. The van der Waals surface area contributed by atoms with Crippen LogP contribution in [0.15, 0.2) is 6.07 Å². The van der Waals surface area contributed by atoms with Gasteiger partial charge in [0.15, 0.2) is 0 Å². The molecule has 6 nitrogen and oxygen atoms in total. The number of aromatic nitrogens is 2. The van der Waals surface area contributed by atoms with Gasteiger partial charge >= 0.3 is 0 Å². The fraction of sp³-hybridized carbons (Fsp3) is 0.667. The highest BCUT2D eigenvalue weighted by Crippen LogP contribution is 2.27. The van der Waals surface area contributed by atoms with E-state index >= 15 is 0 Å². The Bertz CT molecular complexity index is 560. The maximum atomic E-state index is 12.7. The van der Waals surface area contributed by atoms with Crippen LogP contribution < -0.4 is 4.90 Å². The topological polar surface area (TPSA) is 58.4 Å². The fourth-order valence-electron chi connectivity index (χ4n) is 3.29. The summed E-state index contributed by atoms with van der Waals surface area (Å²) in [6.07, 6.45) is 3.17. The van der Waals surface area contributed by atoms with E-state index in [4.69, 9.17) is 0 Å². The zero-order chi connectivity index (χ0) is 15.0. The van der Waals surface area contributed by atoms with Crippen molar-refractivity contribution in [2.45, 2.75) is 52.1 Å². The number of aryl methyl sites for hydroxylation is 2. The molecule has 6 heteroatoms. The minimum atomic E-state index is -0.397. The summed E-state index contributed by atoms with van der Waals surface area (Å²) < 4.78 is 1.84. The van der Waals surface area contributed by atoms with E-state index in [9.17, 15) is 9.59 Å². The van der Waals surface area contributed by atoms with Crippen LogP contribution in [0.3, 0.4) is 0 Å². The Morgan fingerprint density at radius 3 is 2.71 bits per heavy atom. The van der Waals surface area contributed by atoms with Gasteiger partial charge in [-0.15, -0.1) is 0 Å². The fourth-order valence-corrected chi connectivity index (χ4v) is 3.29. The Morgan fingerprint density at radius 2 is 2.05 bits per heavy atom. The summed E-state index contributed by atoms with van der Waals surface area (Å²) in [5.41, 5.74) is 0.883. The molecule has 0 radical (unpaired) electrons. The van der Waals surface area contributed by atoms with Crippen LogP contribution in [0, 0.1) is 6.92 Å². The molecule has 114 valence electrons. The van der Waals surface area contributed by atoms with E-state index < -0.39 is 6.04 Å². The molecule has 1 saturated heterocycles. The van der Waals surface area contributed by atoms with Crippen LogP contribution in [-0.4, -0.2) is 45.6 Å². The summed E-state index contributed by atoms with van der Waals surface area (Å²) in [7, 11) is 0. The van der Waals surface area contributed by atoms with Gasteiger partial charge in [-0.05, 0) is 26.2 Å². The zero-order valence-electron chi connectivity index (χ0n) is 12.7. The van der Waals surface area contributed by atoms with E-state index in [1.165, 1.54) is 0 Å². The quantitative estimate of drug-likeness (QED) is 0.844. The van der Waals surface area contributed by atoms with Crippen LogP contribution >= 0.6 is 0 Å². The van der Waals surface area contributed by atoms with Gasteiger partial charge in [0.25, 0.3) is 0 Å². The number of likely N-dealkylation sites (tertiary alicyclic amines) is 1. The van der Waals surface area contributed by atoms with Crippen molar-refractivity contribution in [3.8, 4) is 0 Å². The standard InChI is InChI=1S/C15H22N4O2/c1-3-12(15(21)17-7-4-5-8-17)19-13-10-11(2)16-18(13)9-6-14(19)20/h10,12H,3-9H2,1-2H3/t12-/m1/s1. The molecule has 1 aromatic rings. The molecule has 0 aromatic carbocycles. The van der Waals surface area contributed by atoms with Gasteiger partial charge in [0.1, 0.15) is 11.9 Å². The average molecular weight is 290 g/mol. The first kappa shape index (κ1) is 14.1. The molecule has 0 N–H and O–H groups in total. The third kappa shape index (κ3) is 2.43. The Morgan fingerprint density at radius 1 is 1.33 bits per heavy atom. The highest BCUT2D eigenvalue weighted by atomic mass is 16.2. The highest BCUT2D eigenvalue weighted by molar-refractivity contribution is 6.01. The first-order valence-electron chi connectivity index (χ1n) is 7.77. The minimum Gasteiger partial charge on any atom is -0.341 e. The van der Waals surface area contributed by atoms with Gasteiger partial charge in [0, 0.05) is 25.6 Å². The largest absolute Gasteiger partial charge is 0.341 e. The van der Waals surface area contributed by atoms with Crippen LogP contribution in [0.5, 0.6) is 0 Å². The van der Waals surface area contributed by atoms with E-state index in [0.29, 0.717) is 19.4 Å². The Labute approximate surface area is 124 Å². The van der Waals surface area contributed by atoms with Crippen molar-refractivity contribution in [3.63, 3.8) is 0 Å². The monoisotopic (exact) mass is 290 g/mol. The highest BCUT2D eigenvalue weighted by Gasteiger charge is 2.37. The summed E-state index contributed by atoms with van der Waals surface area (Å²) in [4.78, 5) is 28.7. The lowest BCUT2D eigenvalue weighted by Gasteiger charge is -2.35. The van der Waals surface area contributed by atoms with Crippen LogP contribution in [0.4, 0.5) is 5.82 Å². The summed E-state index contributed by atoms with van der Waals surface area (Å²) in [6, 6.07) is 1.50. The van der Waals surface area contributed by atoms with E-state index in [0.717, 1.165) is 37.4 Å². The third-order valence-electron chi connectivity index (χ3n) is 4.34. The molecule has 21 heavy (non-hydrogen) atoms. The molecule has 3 rings (SSSR count). The maximum Gasteiger partial charge on any atom is 0.245 e. The molecule has 0 saturated carbocycles.